The number of anilines is 1. The minimum absolute atomic E-state index is 0.0508. The second kappa shape index (κ2) is 8.56. The zero-order valence-corrected chi connectivity index (χ0v) is 15.2. The molecule has 0 bridgehead atoms. The second-order valence-electron chi connectivity index (χ2n) is 6.25. The summed E-state index contributed by atoms with van der Waals surface area (Å²) in [6, 6.07) is 12.4. The summed E-state index contributed by atoms with van der Waals surface area (Å²) >= 11 is 5.90. The summed E-state index contributed by atoms with van der Waals surface area (Å²) in [7, 11) is 0. The highest BCUT2D eigenvalue weighted by molar-refractivity contribution is 6.33. The molecule has 0 saturated carbocycles. The van der Waals surface area contributed by atoms with Gasteiger partial charge >= 0.3 is 6.18 Å². The van der Waals surface area contributed by atoms with Gasteiger partial charge in [0.15, 0.2) is 0 Å². The van der Waals surface area contributed by atoms with E-state index < -0.39 is 17.6 Å². The number of benzene rings is 2. The first-order valence-corrected chi connectivity index (χ1v) is 8.51. The maximum absolute atomic E-state index is 12.8. The SMILES string of the molecule is CC(C)[C@@H](NCC(=O)Nc1cc(C(F)(F)F)ccc1Cl)c1ccccc1. The highest BCUT2D eigenvalue weighted by Gasteiger charge is 2.31. The monoisotopic (exact) mass is 384 g/mol. The Morgan fingerprint density at radius 1 is 1.12 bits per heavy atom. The Morgan fingerprint density at radius 2 is 1.77 bits per heavy atom. The molecule has 2 rings (SSSR count). The number of hydrogen-bond acceptors (Lipinski definition) is 2. The van der Waals surface area contributed by atoms with Crippen molar-refractivity contribution in [3.8, 4) is 0 Å². The summed E-state index contributed by atoms with van der Waals surface area (Å²) in [4.78, 5) is 12.2. The third kappa shape index (κ3) is 5.47. The lowest BCUT2D eigenvalue weighted by Crippen LogP contribution is -2.33. The number of hydrogen-bond donors (Lipinski definition) is 2. The Labute approximate surface area is 155 Å². The van der Waals surface area contributed by atoms with Gasteiger partial charge in [0.1, 0.15) is 0 Å². The molecule has 1 atom stereocenters. The topological polar surface area (TPSA) is 41.1 Å². The molecule has 0 fully saturated rings. The fraction of sp³-hybridized carbons (Fsp3) is 0.316. The maximum Gasteiger partial charge on any atom is 0.416 e. The Hall–Kier alpha value is -2.05. The zero-order valence-electron chi connectivity index (χ0n) is 14.4. The summed E-state index contributed by atoms with van der Waals surface area (Å²) in [5, 5.41) is 5.63. The summed E-state index contributed by atoms with van der Waals surface area (Å²) in [6.07, 6.45) is -4.50. The Balaban J connectivity index is 2.04. The van der Waals surface area contributed by atoms with Crippen molar-refractivity contribution in [3.63, 3.8) is 0 Å². The molecule has 140 valence electrons. The molecular formula is C19H20ClF3N2O. The predicted octanol–water partition coefficient (Wildman–Crippen LogP) is 5.28. The van der Waals surface area contributed by atoms with Crippen LogP contribution in [0.1, 0.15) is 31.0 Å². The van der Waals surface area contributed by atoms with Crippen LogP contribution in [-0.4, -0.2) is 12.5 Å². The van der Waals surface area contributed by atoms with Crippen molar-refractivity contribution in [1.82, 2.24) is 5.32 Å². The number of alkyl halides is 3. The summed E-state index contributed by atoms with van der Waals surface area (Å²) in [5.41, 5.74) is 0.107. The molecule has 0 aliphatic rings. The first-order chi connectivity index (χ1) is 12.2. The van der Waals surface area contributed by atoms with Crippen LogP contribution in [-0.2, 0) is 11.0 Å². The standard InChI is InChI=1S/C19H20ClF3N2O/c1-12(2)18(13-6-4-3-5-7-13)24-11-17(26)25-16-10-14(19(21,22)23)8-9-15(16)20/h3-10,12,18,24H,11H2,1-2H3,(H,25,26)/t18-/m1/s1. The van der Waals surface area contributed by atoms with Gasteiger partial charge in [-0.25, -0.2) is 0 Å². The Kier molecular flexibility index (Phi) is 6.67. The molecule has 0 saturated heterocycles. The van der Waals surface area contributed by atoms with Crippen LogP contribution < -0.4 is 10.6 Å². The van der Waals surface area contributed by atoms with Gasteiger partial charge < -0.3 is 10.6 Å². The van der Waals surface area contributed by atoms with Crippen LogP contribution >= 0.6 is 11.6 Å². The van der Waals surface area contributed by atoms with Crippen molar-refractivity contribution >= 4 is 23.2 Å². The quantitative estimate of drug-likeness (QED) is 0.711. The lowest BCUT2D eigenvalue weighted by molar-refractivity contribution is -0.137. The van der Waals surface area contributed by atoms with E-state index in [1.807, 2.05) is 44.2 Å². The van der Waals surface area contributed by atoms with E-state index in [2.05, 4.69) is 10.6 Å². The van der Waals surface area contributed by atoms with Crippen LogP contribution in [0.5, 0.6) is 0 Å². The average Bonchev–Trinajstić information content (AvgIpc) is 2.56. The van der Waals surface area contributed by atoms with Crippen molar-refractivity contribution in [1.29, 1.82) is 0 Å². The molecule has 0 radical (unpaired) electrons. The first kappa shape index (κ1) is 20.3. The van der Waals surface area contributed by atoms with Gasteiger partial charge in [-0.05, 0) is 29.7 Å². The van der Waals surface area contributed by atoms with E-state index in [4.69, 9.17) is 11.6 Å². The van der Waals surface area contributed by atoms with Crippen LogP contribution in [0.15, 0.2) is 48.5 Å². The van der Waals surface area contributed by atoms with Gasteiger partial charge in [-0.3, -0.25) is 4.79 Å². The molecule has 0 aromatic heterocycles. The van der Waals surface area contributed by atoms with Crippen molar-refractivity contribution in [2.45, 2.75) is 26.1 Å². The summed E-state index contributed by atoms with van der Waals surface area (Å²) in [6.45, 7) is 3.99. The minimum atomic E-state index is -4.50. The van der Waals surface area contributed by atoms with Gasteiger partial charge in [-0.2, -0.15) is 13.2 Å². The normalized spacial score (nSPS) is 12.9. The van der Waals surface area contributed by atoms with E-state index in [0.717, 1.165) is 23.8 Å². The lowest BCUT2D eigenvalue weighted by Gasteiger charge is -2.23. The van der Waals surface area contributed by atoms with Gasteiger partial charge in [0, 0.05) is 6.04 Å². The Bertz CT molecular complexity index is 748. The summed E-state index contributed by atoms with van der Waals surface area (Å²) < 4.78 is 38.4. The number of amides is 1. The van der Waals surface area contributed by atoms with Gasteiger partial charge in [0.2, 0.25) is 5.91 Å². The van der Waals surface area contributed by atoms with E-state index in [1.165, 1.54) is 0 Å². The molecule has 26 heavy (non-hydrogen) atoms. The van der Waals surface area contributed by atoms with Crippen LogP contribution in [0.25, 0.3) is 0 Å². The molecule has 0 heterocycles. The first-order valence-electron chi connectivity index (χ1n) is 8.13. The van der Waals surface area contributed by atoms with E-state index in [-0.39, 0.29) is 29.2 Å². The highest BCUT2D eigenvalue weighted by atomic mass is 35.5. The second-order valence-corrected chi connectivity index (χ2v) is 6.66. The van der Waals surface area contributed by atoms with E-state index in [9.17, 15) is 18.0 Å². The molecule has 0 aliphatic carbocycles. The van der Waals surface area contributed by atoms with Gasteiger partial charge in [0.05, 0.1) is 22.8 Å². The molecule has 2 aromatic rings. The molecule has 2 aromatic carbocycles. The van der Waals surface area contributed by atoms with Crippen LogP contribution in [0.2, 0.25) is 5.02 Å². The molecule has 7 heteroatoms. The molecule has 1 amide bonds. The Morgan fingerprint density at radius 3 is 2.35 bits per heavy atom. The number of halogens is 4. The molecule has 0 spiro atoms. The number of carbonyl (C=O) groups excluding carboxylic acids is 1. The van der Waals surface area contributed by atoms with Crippen LogP contribution in [0, 0.1) is 5.92 Å². The number of rotatable bonds is 6. The van der Waals surface area contributed by atoms with Gasteiger partial charge in [-0.1, -0.05) is 55.8 Å². The zero-order chi connectivity index (χ0) is 19.3. The highest BCUT2D eigenvalue weighted by Crippen LogP contribution is 2.33. The van der Waals surface area contributed by atoms with Crippen molar-refractivity contribution < 1.29 is 18.0 Å². The average molecular weight is 385 g/mol. The van der Waals surface area contributed by atoms with E-state index in [0.29, 0.717) is 0 Å². The van der Waals surface area contributed by atoms with Crippen molar-refractivity contribution in [3.05, 3.63) is 64.7 Å². The molecular weight excluding hydrogens is 365 g/mol. The minimum Gasteiger partial charge on any atom is -0.324 e. The van der Waals surface area contributed by atoms with E-state index in [1.54, 1.807) is 0 Å². The molecule has 0 aliphatic heterocycles. The maximum atomic E-state index is 12.8. The smallest absolute Gasteiger partial charge is 0.324 e. The fourth-order valence-electron chi connectivity index (χ4n) is 2.59. The number of nitrogens with one attached hydrogen (secondary N) is 2. The fourth-order valence-corrected chi connectivity index (χ4v) is 2.76. The van der Waals surface area contributed by atoms with Gasteiger partial charge in [-0.15, -0.1) is 0 Å². The van der Waals surface area contributed by atoms with E-state index >= 15 is 0 Å². The van der Waals surface area contributed by atoms with Gasteiger partial charge in [0.25, 0.3) is 0 Å². The van der Waals surface area contributed by atoms with Crippen molar-refractivity contribution in [2.75, 3.05) is 11.9 Å². The molecule has 3 nitrogen and oxygen atoms in total. The number of carbonyl (C=O) groups is 1. The lowest BCUT2D eigenvalue weighted by atomic mass is 9.96. The molecule has 0 unspecified atom stereocenters. The van der Waals surface area contributed by atoms with Crippen molar-refractivity contribution in [2.24, 2.45) is 5.92 Å². The van der Waals surface area contributed by atoms with Crippen LogP contribution in [0.3, 0.4) is 0 Å². The molecule has 2 N–H and O–H groups in total. The van der Waals surface area contributed by atoms with Crippen LogP contribution in [0.4, 0.5) is 18.9 Å². The third-order valence-electron chi connectivity index (χ3n) is 3.88. The predicted molar refractivity (Wildman–Crippen MR) is 97.1 cm³/mol. The largest absolute Gasteiger partial charge is 0.416 e. The third-order valence-corrected chi connectivity index (χ3v) is 4.21. The summed E-state index contributed by atoms with van der Waals surface area (Å²) in [5.74, 6) is -0.241.